The monoisotopic (exact) mass is 302 g/mol. The van der Waals surface area contributed by atoms with Gasteiger partial charge in [0.15, 0.2) is 16.6 Å². The van der Waals surface area contributed by atoms with Crippen molar-refractivity contribution in [2.75, 3.05) is 20.4 Å². The molecule has 2 aliphatic heterocycles. The Balaban J connectivity index is 1.94. The second-order valence-corrected chi connectivity index (χ2v) is 5.05. The first kappa shape index (κ1) is 13.6. The Morgan fingerprint density at radius 2 is 2.14 bits per heavy atom. The van der Waals surface area contributed by atoms with Gasteiger partial charge >= 0.3 is 0 Å². The SMILES string of the molecule is C=CCN1C(=O)/C(=C/c2ccc3c(c2)OCO3)N(C)C1=S. The van der Waals surface area contributed by atoms with Crippen LogP contribution in [0.25, 0.3) is 6.08 Å². The van der Waals surface area contributed by atoms with Crippen LogP contribution in [0.1, 0.15) is 5.56 Å². The van der Waals surface area contributed by atoms with Gasteiger partial charge in [0.25, 0.3) is 5.91 Å². The summed E-state index contributed by atoms with van der Waals surface area (Å²) in [6.07, 6.45) is 3.45. The van der Waals surface area contributed by atoms with Crippen LogP contribution in [0.3, 0.4) is 0 Å². The van der Waals surface area contributed by atoms with Crippen LogP contribution in [0, 0.1) is 0 Å². The minimum absolute atomic E-state index is 0.125. The zero-order valence-corrected chi connectivity index (χ0v) is 12.4. The summed E-state index contributed by atoms with van der Waals surface area (Å²) in [5.74, 6) is 1.27. The van der Waals surface area contributed by atoms with Gasteiger partial charge in [-0.25, -0.2) is 0 Å². The lowest BCUT2D eigenvalue weighted by molar-refractivity contribution is -0.122. The van der Waals surface area contributed by atoms with E-state index in [9.17, 15) is 4.79 Å². The number of rotatable bonds is 3. The number of likely N-dealkylation sites (N-methyl/N-ethyl adjacent to an activating group) is 1. The van der Waals surface area contributed by atoms with Gasteiger partial charge in [-0.1, -0.05) is 12.1 Å². The van der Waals surface area contributed by atoms with Crippen LogP contribution in [-0.2, 0) is 4.79 Å². The lowest BCUT2D eigenvalue weighted by atomic mass is 10.1. The second-order valence-electron chi connectivity index (χ2n) is 4.69. The number of amides is 1. The van der Waals surface area contributed by atoms with Gasteiger partial charge in [-0.2, -0.15) is 0 Å². The smallest absolute Gasteiger partial charge is 0.277 e. The van der Waals surface area contributed by atoms with Crippen molar-refractivity contribution in [2.24, 2.45) is 0 Å². The van der Waals surface area contributed by atoms with E-state index in [1.165, 1.54) is 4.90 Å². The topological polar surface area (TPSA) is 42.0 Å². The van der Waals surface area contributed by atoms with Crippen LogP contribution in [0.2, 0.25) is 0 Å². The highest BCUT2D eigenvalue weighted by atomic mass is 32.1. The van der Waals surface area contributed by atoms with Crippen LogP contribution < -0.4 is 9.47 Å². The van der Waals surface area contributed by atoms with E-state index in [1.807, 2.05) is 18.2 Å². The highest BCUT2D eigenvalue weighted by molar-refractivity contribution is 7.80. The zero-order chi connectivity index (χ0) is 15.0. The summed E-state index contributed by atoms with van der Waals surface area (Å²) in [7, 11) is 1.78. The molecular formula is C15H14N2O3S. The van der Waals surface area contributed by atoms with Crippen LogP contribution in [0.5, 0.6) is 11.5 Å². The maximum atomic E-state index is 12.4. The number of carbonyl (C=O) groups is 1. The third-order valence-electron chi connectivity index (χ3n) is 3.36. The fourth-order valence-electron chi connectivity index (χ4n) is 2.26. The van der Waals surface area contributed by atoms with Gasteiger partial charge in [0.05, 0.1) is 0 Å². The Hall–Kier alpha value is -2.34. The zero-order valence-electron chi connectivity index (χ0n) is 11.5. The molecule has 0 N–H and O–H groups in total. The average Bonchev–Trinajstić information content (AvgIpc) is 3.02. The minimum Gasteiger partial charge on any atom is -0.454 e. The summed E-state index contributed by atoms with van der Waals surface area (Å²) in [6, 6.07) is 5.55. The van der Waals surface area contributed by atoms with Gasteiger partial charge in [0.1, 0.15) is 5.70 Å². The van der Waals surface area contributed by atoms with E-state index in [4.69, 9.17) is 21.7 Å². The molecular weight excluding hydrogens is 288 g/mol. The quantitative estimate of drug-likeness (QED) is 0.485. The van der Waals surface area contributed by atoms with E-state index >= 15 is 0 Å². The molecule has 1 amide bonds. The molecule has 3 rings (SSSR count). The summed E-state index contributed by atoms with van der Waals surface area (Å²) in [5.41, 5.74) is 1.39. The molecule has 1 fully saturated rings. The number of benzene rings is 1. The van der Waals surface area contributed by atoms with Crippen molar-refractivity contribution >= 4 is 29.3 Å². The molecule has 21 heavy (non-hydrogen) atoms. The summed E-state index contributed by atoms with van der Waals surface area (Å²) >= 11 is 5.28. The van der Waals surface area contributed by atoms with Crippen LogP contribution in [-0.4, -0.2) is 41.2 Å². The molecule has 0 bridgehead atoms. The van der Waals surface area contributed by atoms with Crippen molar-refractivity contribution in [2.45, 2.75) is 0 Å². The summed E-state index contributed by atoms with van der Waals surface area (Å²) in [6.45, 7) is 4.28. The Bertz CT molecular complexity index is 669. The molecule has 0 unspecified atom stereocenters. The van der Waals surface area contributed by atoms with Crippen molar-refractivity contribution < 1.29 is 14.3 Å². The number of hydrogen-bond donors (Lipinski definition) is 0. The number of fused-ring (bicyclic) bond motifs is 1. The molecule has 1 saturated heterocycles. The lowest BCUT2D eigenvalue weighted by Gasteiger charge is -2.13. The maximum Gasteiger partial charge on any atom is 0.277 e. The third-order valence-corrected chi connectivity index (χ3v) is 3.85. The van der Waals surface area contributed by atoms with E-state index in [0.29, 0.717) is 28.9 Å². The van der Waals surface area contributed by atoms with Gasteiger partial charge in [0, 0.05) is 13.6 Å². The number of carbonyl (C=O) groups excluding carboxylic acids is 1. The van der Waals surface area contributed by atoms with Crippen molar-refractivity contribution in [1.82, 2.24) is 9.80 Å². The molecule has 2 aliphatic rings. The first-order valence-corrected chi connectivity index (χ1v) is 6.84. The summed E-state index contributed by atoms with van der Waals surface area (Å²) in [4.78, 5) is 15.6. The predicted octanol–water partition coefficient (Wildman–Crippen LogP) is 2.00. The Labute approximate surface area is 128 Å². The van der Waals surface area contributed by atoms with E-state index in [2.05, 4.69) is 6.58 Å². The molecule has 2 heterocycles. The fraction of sp³-hybridized carbons (Fsp3) is 0.200. The van der Waals surface area contributed by atoms with Gasteiger partial charge in [-0.05, 0) is 36.0 Å². The third kappa shape index (κ3) is 2.27. The molecule has 1 aromatic carbocycles. The van der Waals surface area contributed by atoms with Crippen LogP contribution >= 0.6 is 12.2 Å². The molecule has 1 aromatic rings. The van der Waals surface area contributed by atoms with Gasteiger partial charge in [0.2, 0.25) is 6.79 Å². The first-order chi connectivity index (χ1) is 10.1. The molecule has 108 valence electrons. The van der Waals surface area contributed by atoms with E-state index in [0.717, 1.165) is 5.56 Å². The van der Waals surface area contributed by atoms with Crippen molar-refractivity contribution in [3.63, 3.8) is 0 Å². The first-order valence-electron chi connectivity index (χ1n) is 6.43. The van der Waals surface area contributed by atoms with E-state index < -0.39 is 0 Å². The molecule has 0 atom stereocenters. The van der Waals surface area contributed by atoms with Crippen LogP contribution in [0.4, 0.5) is 0 Å². The van der Waals surface area contributed by atoms with Crippen molar-refractivity contribution in [3.8, 4) is 11.5 Å². The van der Waals surface area contributed by atoms with Crippen molar-refractivity contribution in [3.05, 3.63) is 42.1 Å². The van der Waals surface area contributed by atoms with Gasteiger partial charge < -0.3 is 14.4 Å². The largest absolute Gasteiger partial charge is 0.454 e. The minimum atomic E-state index is -0.125. The standard InChI is InChI=1S/C15H14N2O3S/c1-3-6-17-14(18)11(16(2)15(17)21)7-10-4-5-12-13(8-10)20-9-19-12/h3-5,7-8H,1,6,9H2,2H3/b11-7-. The molecule has 6 heteroatoms. The summed E-state index contributed by atoms with van der Waals surface area (Å²) in [5, 5.41) is 0.479. The number of hydrogen-bond acceptors (Lipinski definition) is 4. The number of thiocarbonyl (C=S) groups is 1. The lowest BCUT2D eigenvalue weighted by Crippen LogP contribution is -2.31. The van der Waals surface area contributed by atoms with E-state index in [-0.39, 0.29) is 12.7 Å². The van der Waals surface area contributed by atoms with Gasteiger partial charge in [-0.3, -0.25) is 9.69 Å². The molecule has 0 saturated carbocycles. The number of ether oxygens (including phenoxy) is 2. The average molecular weight is 302 g/mol. The number of nitrogens with zero attached hydrogens (tertiary/aromatic N) is 2. The van der Waals surface area contributed by atoms with Gasteiger partial charge in [-0.15, -0.1) is 6.58 Å². The highest BCUT2D eigenvalue weighted by Crippen LogP contribution is 2.33. The predicted molar refractivity (Wildman–Crippen MR) is 82.8 cm³/mol. The molecule has 0 aliphatic carbocycles. The van der Waals surface area contributed by atoms with Crippen molar-refractivity contribution in [1.29, 1.82) is 0 Å². The normalized spacial score (nSPS) is 18.8. The van der Waals surface area contributed by atoms with Crippen LogP contribution in [0.15, 0.2) is 36.6 Å². The Morgan fingerprint density at radius 3 is 2.90 bits per heavy atom. The molecule has 0 aromatic heterocycles. The summed E-state index contributed by atoms with van der Waals surface area (Å²) < 4.78 is 10.6. The maximum absolute atomic E-state index is 12.4. The molecule has 5 nitrogen and oxygen atoms in total. The van der Waals surface area contributed by atoms with E-state index in [1.54, 1.807) is 24.1 Å². The Morgan fingerprint density at radius 1 is 1.38 bits per heavy atom. The fourth-order valence-corrected chi connectivity index (χ4v) is 2.52. The molecule has 0 radical (unpaired) electrons. The second kappa shape index (κ2) is 5.21. The highest BCUT2D eigenvalue weighted by Gasteiger charge is 2.34. The molecule has 0 spiro atoms. The Kier molecular flexibility index (Phi) is 3.39.